The molecule has 1 unspecified atom stereocenters. The molecule has 2 rings (SSSR count). The molecule has 0 saturated carbocycles. The molecule has 2 heterocycles. The molecule has 1 atom stereocenters. The summed E-state index contributed by atoms with van der Waals surface area (Å²) < 4.78 is 37.3. The lowest BCUT2D eigenvalue weighted by atomic mass is 10.2. The van der Waals surface area contributed by atoms with Gasteiger partial charge in [0.1, 0.15) is 0 Å². The summed E-state index contributed by atoms with van der Waals surface area (Å²) >= 11 is 0. The average molecular weight is 217 g/mol. The van der Waals surface area contributed by atoms with Crippen LogP contribution in [0.25, 0.3) is 0 Å². The van der Waals surface area contributed by atoms with Gasteiger partial charge in [-0.15, -0.1) is 0 Å². The van der Waals surface area contributed by atoms with Crippen LogP contribution in [-0.4, -0.2) is 36.5 Å². The zero-order valence-electron chi connectivity index (χ0n) is 8.04. The number of nitrogens with zero attached hydrogens (tertiary/aromatic N) is 2. The van der Waals surface area contributed by atoms with Crippen molar-refractivity contribution < 1.29 is 13.2 Å². The maximum Gasteiger partial charge on any atom is 0.412 e. The first-order valence-electron chi connectivity index (χ1n) is 4.50. The van der Waals surface area contributed by atoms with Crippen molar-refractivity contribution in [2.75, 3.05) is 13.6 Å². The van der Waals surface area contributed by atoms with Crippen molar-refractivity contribution in [3.63, 3.8) is 0 Å². The number of alkyl halides is 3. The van der Waals surface area contributed by atoms with E-state index in [1.54, 1.807) is 25.4 Å². The van der Waals surface area contributed by atoms with Gasteiger partial charge in [-0.3, -0.25) is 4.99 Å². The van der Waals surface area contributed by atoms with E-state index in [0.717, 1.165) is 0 Å². The molecule has 0 spiro atoms. The first kappa shape index (κ1) is 10.1. The molecule has 0 fully saturated rings. The van der Waals surface area contributed by atoms with Crippen LogP contribution in [0.15, 0.2) is 29.0 Å². The van der Waals surface area contributed by atoms with E-state index in [0.29, 0.717) is 11.5 Å². The van der Waals surface area contributed by atoms with Crippen molar-refractivity contribution in [3.8, 4) is 0 Å². The Labute approximate surface area is 85.0 Å². The summed E-state index contributed by atoms with van der Waals surface area (Å²) in [6, 6.07) is -1.62. The molecule has 3 nitrogen and oxygen atoms in total. The molecule has 0 aromatic rings. The van der Waals surface area contributed by atoms with Gasteiger partial charge in [0.25, 0.3) is 0 Å². The van der Waals surface area contributed by atoms with Crippen LogP contribution in [0.2, 0.25) is 0 Å². The fourth-order valence-corrected chi connectivity index (χ4v) is 1.58. The average Bonchev–Trinajstić information content (AvgIpc) is 2.59. The molecule has 1 N–H and O–H groups in total. The minimum Gasteiger partial charge on any atom is -0.385 e. The molecule has 2 aliphatic rings. The Morgan fingerprint density at radius 3 is 2.87 bits per heavy atom. The zero-order valence-corrected chi connectivity index (χ0v) is 8.04. The van der Waals surface area contributed by atoms with E-state index in [4.69, 9.17) is 0 Å². The van der Waals surface area contributed by atoms with Crippen LogP contribution in [0.1, 0.15) is 0 Å². The molecule has 0 aromatic carbocycles. The van der Waals surface area contributed by atoms with Gasteiger partial charge in [0, 0.05) is 13.2 Å². The van der Waals surface area contributed by atoms with Crippen molar-refractivity contribution in [1.29, 1.82) is 0 Å². The highest BCUT2D eigenvalue weighted by Gasteiger charge is 2.45. The van der Waals surface area contributed by atoms with Crippen LogP contribution in [0, 0.1) is 0 Å². The summed E-state index contributed by atoms with van der Waals surface area (Å²) in [4.78, 5) is 5.17. The van der Waals surface area contributed by atoms with Gasteiger partial charge in [-0.2, -0.15) is 13.2 Å². The molecule has 82 valence electrons. The second-order valence-corrected chi connectivity index (χ2v) is 3.33. The maximum atomic E-state index is 12.4. The first-order chi connectivity index (χ1) is 7.02. The van der Waals surface area contributed by atoms with Gasteiger partial charge in [-0.25, -0.2) is 0 Å². The van der Waals surface area contributed by atoms with Gasteiger partial charge < -0.3 is 10.2 Å². The third-order valence-corrected chi connectivity index (χ3v) is 2.34. The van der Waals surface area contributed by atoms with Gasteiger partial charge in [0.2, 0.25) is 0 Å². The van der Waals surface area contributed by atoms with E-state index < -0.39 is 12.2 Å². The monoisotopic (exact) mass is 217 g/mol. The maximum absolute atomic E-state index is 12.4. The van der Waals surface area contributed by atoms with Gasteiger partial charge >= 0.3 is 6.18 Å². The van der Waals surface area contributed by atoms with Crippen LogP contribution >= 0.6 is 0 Å². The fourth-order valence-electron chi connectivity index (χ4n) is 1.58. The first-order valence-corrected chi connectivity index (χ1v) is 4.50. The van der Waals surface area contributed by atoms with E-state index in [2.05, 4.69) is 10.3 Å². The van der Waals surface area contributed by atoms with Gasteiger partial charge in [-0.05, 0) is 12.2 Å². The Bertz CT molecular complexity index is 354. The number of halogens is 3. The number of rotatable bonds is 1. The third kappa shape index (κ3) is 1.71. The lowest BCUT2D eigenvalue weighted by molar-refractivity contribution is -0.145. The number of allylic oxidation sites excluding steroid dienone is 2. The molecule has 0 amide bonds. The van der Waals surface area contributed by atoms with E-state index in [-0.39, 0.29) is 6.54 Å². The molecular weight excluding hydrogens is 207 g/mol. The van der Waals surface area contributed by atoms with Crippen LogP contribution in [0.3, 0.4) is 0 Å². The van der Waals surface area contributed by atoms with Crippen LogP contribution in [0.5, 0.6) is 0 Å². The molecule has 0 radical (unpaired) electrons. The smallest absolute Gasteiger partial charge is 0.385 e. The van der Waals surface area contributed by atoms with E-state index in [1.165, 1.54) is 4.90 Å². The van der Waals surface area contributed by atoms with Gasteiger partial charge in [-0.1, -0.05) is 0 Å². The Morgan fingerprint density at radius 1 is 1.53 bits per heavy atom. The highest BCUT2D eigenvalue weighted by atomic mass is 19.4. The molecule has 6 heteroatoms. The van der Waals surface area contributed by atoms with Crippen molar-refractivity contribution in [2.24, 2.45) is 4.99 Å². The van der Waals surface area contributed by atoms with E-state index in [1.807, 2.05) is 0 Å². The Hall–Kier alpha value is -1.46. The number of fused-ring (bicyclic) bond motifs is 1. The quantitative estimate of drug-likeness (QED) is 0.716. The summed E-state index contributed by atoms with van der Waals surface area (Å²) in [5.74, 6) is 0.363. The summed E-state index contributed by atoms with van der Waals surface area (Å²) in [5.41, 5.74) is 0.615. The van der Waals surface area contributed by atoms with Crippen molar-refractivity contribution in [2.45, 2.75) is 12.2 Å². The van der Waals surface area contributed by atoms with Crippen molar-refractivity contribution in [1.82, 2.24) is 10.2 Å². The molecular formula is C9H10F3N3. The summed E-state index contributed by atoms with van der Waals surface area (Å²) in [6.07, 6.45) is 0.736. The lowest BCUT2D eigenvalue weighted by Gasteiger charge is -2.20. The number of aliphatic imine (C=N–C) groups is 1. The summed E-state index contributed by atoms with van der Waals surface area (Å²) in [6.45, 7) is -0.131. The molecule has 2 aliphatic heterocycles. The number of likely N-dealkylation sites (N-methyl/N-ethyl adjacent to an activating group) is 1. The summed E-state index contributed by atoms with van der Waals surface area (Å²) in [5, 5.41) is 2.82. The summed E-state index contributed by atoms with van der Waals surface area (Å²) in [7, 11) is 1.66. The lowest BCUT2D eigenvalue weighted by Crippen LogP contribution is -2.34. The fraction of sp³-hybridized carbons (Fsp3) is 0.444. The zero-order chi connectivity index (χ0) is 11.1. The number of hydrogen-bond acceptors (Lipinski definition) is 3. The van der Waals surface area contributed by atoms with E-state index >= 15 is 0 Å². The molecule has 15 heavy (non-hydrogen) atoms. The predicted molar refractivity (Wildman–Crippen MR) is 50.3 cm³/mol. The molecule has 0 aliphatic carbocycles. The number of hydrogen-bond donors (Lipinski definition) is 1. The molecule has 0 saturated heterocycles. The molecule has 0 aromatic heterocycles. The Morgan fingerprint density at radius 2 is 2.27 bits per heavy atom. The normalized spacial score (nSPS) is 24.8. The van der Waals surface area contributed by atoms with Crippen LogP contribution in [-0.2, 0) is 0 Å². The minimum atomic E-state index is -4.27. The van der Waals surface area contributed by atoms with Crippen LogP contribution in [0.4, 0.5) is 13.2 Å². The number of nitrogens with one attached hydrogen (secondary N) is 1. The minimum absolute atomic E-state index is 0.131. The highest BCUT2D eigenvalue weighted by molar-refractivity contribution is 6.00. The standard InChI is InChI=1S/C9H10F3N3/c1-13-6-3-2-4-15-5-7(9(10,11)12)14-8(6)15/h2-4,7,13H,5H2,1H3. The highest BCUT2D eigenvalue weighted by Crippen LogP contribution is 2.29. The van der Waals surface area contributed by atoms with Gasteiger partial charge in [0.15, 0.2) is 11.9 Å². The van der Waals surface area contributed by atoms with Crippen LogP contribution < -0.4 is 5.32 Å². The van der Waals surface area contributed by atoms with Crippen molar-refractivity contribution >= 4 is 5.84 Å². The second kappa shape index (κ2) is 3.29. The Kier molecular flexibility index (Phi) is 2.21. The largest absolute Gasteiger partial charge is 0.412 e. The van der Waals surface area contributed by atoms with E-state index in [9.17, 15) is 13.2 Å². The molecule has 0 bridgehead atoms. The van der Waals surface area contributed by atoms with Crippen molar-refractivity contribution in [3.05, 3.63) is 24.0 Å². The number of amidine groups is 1. The second-order valence-electron chi connectivity index (χ2n) is 3.33. The Balaban J connectivity index is 2.27. The third-order valence-electron chi connectivity index (χ3n) is 2.34. The SMILES string of the molecule is CNC1=CC=CN2CC(C(F)(F)F)N=C12. The topological polar surface area (TPSA) is 27.6 Å². The van der Waals surface area contributed by atoms with Gasteiger partial charge in [0.05, 0.1) is 12.2 Å². The predicted octanol–water partition coefficient (Wildman–Crippen LogP) is 1.26.